The molecule has 0 bridgehead atoms. The van der Waals surface area contributed by atoms with E-state index < -0.39 is 5.97 Å². The van der Waals surface area contributed by atoms with E-state index in [1.807, 2.05) is 0 Å². The fraction of sp³-hybridized carbons (Fsp3) is 0.333. The first-order valence-corrected chi connectivity index (χ1v) is 2.53. The van der Waals surface area contributed by atoms with Gasteiger partial charge in [0.05, 0.1) is 6.07 Å². The lowest BCUT2D eigenvalue weighted by molar-refractivity contribution is -0.147. The van der Waals surface area contributed by atoms with Crippen LogP contribution in [-0.4, -0.2) is 19.9 Å². The maximum atomic E-state index is 10.4. The first-order chi connectivity index (χ1) is 4.81. The molecular weight excluding hydrogens is 134 g/mol. The van der Waals surface area contributed by atoms with E-state index >= 15 is 0 Å². The minimum absolute atomic E-state index is 0.0887. The normalized spacial score (nSPS) is 9.20. The second-order valence-corrected chi connectivity index (χ2v) is 1.33. The average molecular weight is 141 g/mol. The quantitative estimate of drug-likeness (QED) is 0.244. The molecule has 0 unspecified atom stereocenters. The molecule has 4 heteroatoms. The number of ether oxygens (including phenoxy) is 2. The third kappa shape index (κ3) is 4.81. The zero-order valence-electron chi connectivity index (χ0n) is 5.53. The Kier molecular flexibility index (Phi) is 5.01. The molecule has 0 aliphatic rings. The van der Waals surface area contributed by atoms with Crippen molar-refractivity contribution in [1.29, 1.82) is 5.26 Å². The van der Waals surface area contributed by atoms with Crippen LogP contribution in [0.4, 0.5) is 0 Å². The summed E-state index contributed by atoms with van der Waals surface area (Å²) in [6, 6.07) is 1.65. The Morgan fingerprint density at radius 3 is 3.00 bits per heavy atom. The zero-order chi connectivity index (χ0) is 7.82. The molecule has 0 saturated heterocycles. The molecule has 0 spiro atoms. The number of hydrogen-bond acceptors (Lipinski definition) is 4. The molecule has 0 fully saturated rings. The van der Waals surface area contributed by atoms with Gasteiger partial charge >= 0.3 is 5.97 Å². The SMILES string of the molecule is COCOC(=O)C=CC#N. The number of hydrogen-bond donors (Lipinski definition) is 0. The van der Waals surface area contributed by atoms with Crippen molar-refractivity contribution in [3.8, 4) is 6.07 Å². The predicted molar refractivity (Wildman–Crippen MR) is 32.7 cm³/mol. The number of nitriles is 1. The summed E-state index contributed by atoms with van der Waals surface area (Å²) < 4.78 is 8.83. The van der Waals surface area contributed by atoms with Crippen LogP contribution < -0.4 is 0 Å². The minimum atomic E-state index is -0.580. The topological polar surface area (TPSA) is 59.3 Å². The summed E-state index contributed by atoms with van der Waals surface area (Å²) in [5.41, 5.74) is 0. The summed E-state index contributed by atoms with van der Waals surface area (Å²) in [5.74, 6) is -0.580. The number of esters is 1. The Morgan fingerprint density at radius 2 is 2.50 bits per heavy atom. The van der Waals surface area contributed by atoms with E-state index in [4.69, 9.17) is 5.26 Å². The largest absolute Gasteiger partial charge is 0.435 e. The molecule has 0 aromatic heterocycles. The van der Waals surface area contributed by atoms with Crippen LogP contribution in [0.5, 0.6) is 0 Å². The average Bonchev–Trinajstić information content (AvgIpc) is 1.97. The van der Waals surface area contributed by atoms with Crippen molar-refractivity contribution in [2.24, 2.45) is 0 Å². The number of rotatable bonds is 3. The number of nitrogens with zero attached hydrogens (tertiary/aromatic N) is 1. The third-order valence-corrected chi connectivity index (χ3v) is 0.613. The highest BCUT2D eigenvalue weighted by molar-refractivity contribution is 5.82. The predicted octanol–water partition coefficient (Wildman–Crippen LogP) is 0.213. The fourth-order valence-corrected chi connectivity index (χ4v) is 0.270. The van der Waals surface area contributed by atoms with Gasteiger partial charge < -0.3 is 9.47 Å². The van der Waals surface area contributed by atoms with E-state index in [2.05, 4.69) is 9.47 Å². The van der Waals surface area contributed by atoms with Crippen molar-refractivity contribution >= 4 is 5.97 Å². The van der Waals surface area contributed by atoms with Gasteiger partial charge in [0, 0.05) is 19.3 Å². The molecule has 0 rings (SSSR count). The van der Waals surface area contributed by atoms with E-state index in [0.29, 0.717) is 0 Å². The van der Waals surface area contributed by atoms with Crippen molar-refractivity contribution < 1.29 is 14.3 Å². The standard InChI is InChI=1S/C6H7NO3/c1-9-5-10-6(8)3-2-4-7/h2-3H,5H2,1H3. The van der Waals surface area contributed by atoms with Gasteiger partial charge in [0.25, 0.3) is 0 Å². The second-order valence-electron chi connectivity index (χ2n) is 1.33. The lowest BCUT2D eigenvalue weighted by atomic mass is 10.5. The summed E-state index contributed by atoms with van der Waals surface area (Å²) in [4.78, 5) is 10.4. The zero-order valence-corrected chi connectivity index (χ0v) is 5.53. The smallest absolute Gasteiger partial charge is 0.333 e. The van der Waals surface area contributed by atoms with Gasteiger partial charge in [-0.1, -0.05) is 0 Å². The second kappa shape index (κ2) is 5.79. The molecule has 0 aromatic rings. The molecule has 0 aromatic carbocycles. The Labute approximate surface area is 58.7 Å². The van der Waals surface area contributed by atoms with Crippen molar-refractivity contribution in [2.45, 2.75) is 0 Å². The van der Waals surface area contributed by atoms with E-state index in [0.717, 1.165) is 12.2 Å². The van der Waals surface area contributed by atoms with E-state index in [9.17, 15) is 4.79 Å². The lowest BCUT2D eigenvalue weighted by Crippen LogP contribution is -2.02. The van der Waals surface area contributed by atoms with Crippen molar-refractivity contribution in [3.05, 3.63) is 12.2 Å². The summed E-state index contributed by atoms with van der Waals surface area (Å²) in [6.45, 7) is -0.0887. The Balaban J connectivity index is 3.46. The van der Waals surface area contributed by atoms with Gasteiger partial charge in [-0.2, -0.15) is 5.26 Å². The van der Waals surface area contributed by atoms with E-state index in [1.54, 1.807) is 6.07 Å². The van der Waals surface area contributed by atoms with Crippen LogP contribution >= 0.6 is 0 Å². The first kappa shape index (κ1) is 8.66. The molecule has 0 radical (unpaired) electrons. The summed E-state index contributed by atoms with van der Waals surface area (Å²) >= 11 is 0. The number of methoxy groups -OCH3 is 1. The van der Waals surface area contributed by atoms with Gasteiger partial charge in [-0.15, -0.1) is 0 Å². The van der Waals surface area contributed by atoms with Gasteiger partial charge in [0.1, 0.15) is 0 Å². The Hall–Kier alpha value is -1.34. The number of carbonyl (C=O) groups excluding carboxylic acids is 1. The lowest BCUT2D eigenvalue weighted by Gasteiger charge is -1.96. The highest BCUT2D eigenvalue weighted by atomic mass is 16.7. The van der Waals surface area contributed by atoms with Crippen molar-refractivity contribution in [3.63, 3.8) is 0 Å². The highest BCUT2D eigenvalue weighted by Gasteiger charge is 1.92. The molecule has 0 heterocycles. The van der Waals surface area contributed by atoms with Crippen molar-refractivity contribution in [1.82, 2.24) is 0 Å². The monoisotopic (exact) mass is 141 g/mol. The first-order valence-electron chi connectivity index (χ1n) is 2.53. The van der Waals surface area contributed by atoms with Crippen LogP contribution in [0.15, 0.2) is 12.2 Å². The van der Waals surface area contributed by atoms with Crippen LogP contribution in [0, 0.1) is 11.3 Å². The van der Waals surface area contributed by atoms with E-state index in [-0.39, 0.29) is 6.79 Å². The molecule has 54 valence electrons. The van der Waals surface area contributed by atoms with Crippen LogP contribution in [-0.2, 0) is 14.3 Å². The number of carbonyl (C=O) groups is 1. The van der Waals surface area contributed by atoms with Crippen LogP contribution in [0.25, 0.3) is 0 Å². The van der Waals surface area contributed by atoms with Gasteiger partial charge in [-0.05, 0) is 0 Å². The molecule has 0 saturated carbocycles. The van der Waals surface area contributed by atoms with Gasteiger partial charge in [0.2, 0.25) is 0 Å². The minimum Gasteiger partial charge on any atom is -0.435 e. The maximum absolute atomic E-state index is 10.4. The van der Waals surface area contributed by atoms with Crippen LogP contribution in [0.3, 0.4) is 0 Å². The molecule has 0 amide bonds. The molecule has 4 nitrogen and oxygen atoms in total. The molecule has 0 aliphatic carbocycles. The number of allylic oxidation sites excluding steroid dienone is 1. The fourth-order valence-electron chi connectivity index (χ4n) is 0.270. The molecular formula is C6H7NO3. The maximum Gasteiger partial charge on any atom is 0.333 e. The van der Waals surface area contributed by atoms with Gasteiger partial charge in [-0.25, -0.2) is 4.79 Å². The van der Waals surface area contributed by atoms with Crippen molar-refractivity contribution in [2.75, 3.05) is 13.9 Å². The molecule has 0 aliphatic heterocycles. The van der Waals surface area contributed by atoms with E-state index in [1.165, 1.54) is 7.11 Å². The molecule has 0 atom stereocenters. The Morgan fingerprint density at radius 1 is 1.80 bits per heavy atom. The molecule has 10 heavy (non-hydrogen) atoms. The van der Waals surface area contributed by atoms with Gasteiger partial charge in [0.15, 0.2) is 6.79 Å². The summed E-state index contributed by atoms with van der Waals surface area (Å²) in [5, 5.41) is 7.96. The third-order valence-electron chi connectivity index (χ3n) is 0.613. The summed E-state index contributed by atoms with van der Waals surface area (Å²) in [6.07, 6.45) is 2.07. The van der Waals surface area contributed by atoms with Crippen LogP contribution in [0.2, 0.25) is 0 Å². The van der Waals surface area contributed by atoms with Gasteiger partial charge in [-0.3, -0.25) is 0 Å². The molecule has 0 N–H and O–H groups in total. The Bertz CT molecular complexity index is 168. The summed E-state index contributed by atoms with van der Waals surface area (Å²) in [7, 11) is 1.40. The van der Waals surface area contributed by atoms with Crippen LogP contribution in [0.1, 0.15) is 0 Å². The highest BCUT2D eigenvalue weighted by Crippen LogP contribution is 1.80.